The van der Waals surface area contributed by atoms with Gasteiger partial charge in [-0.3, -0.25) is 0 Å². The molecular formula is C30H52O25. The van der Waals surface area contributed by atoms with Crippen molar-refractivity contribution in [3.05, 3.63) is 0 Å². The highest BCUT2D eigenvalue weighted by atomic mass is 16.8. The van der Waals surface area contributed by atoms with Crippen LogP contribution in [0.4, 0.5) is 0 Å². The number of aliphatic hydroxyl groups excluding tert-OH is 16. The van der Waals surface area contributed by atoms with E-state index in [0.29, 0.717) is 0 Å². The Labute approximate surface area is 311 Å². The highest BCUT2D eigenvalue weighted by Crippen LogP contribution is 2.32. The molecule has 0 spiro atoms. The number of hydrogen-bond donors (Lipinski definition) is 16. The minimum absolute atomic E-state index is 0.682. The van der Waals surface area contributed by atoms with E-state index in [2.05, 4.69) is 0 Å². The van der Waals surface area contributed by atoms with Gasteiger partial charge in [-0.1, -0.05) is 0 Å². The van der Waals surface area contributed by atoms with Crippen LogP contribution in [0.3, 0.4) is 0 Å². The molecule has 0 aromatic heterocycles. The summed E-state index contributed by atoms with van der Waals surface area (Å²) in [6.07, 6.45) is -43.6. The molecule has 5 fully saturated rings. The van der Waals surface area contributed by atoms with E-state index in [1.165, 1.54) is 6.92 Å². The Morgan fingerprint density at radius 1 is 0.364 bits per heavy atom. The average Bonchev–Trinajstić information content (AvgIpc) is 3.16. The number of hydrogen-bond acceptors (Lipinski definition) is 25. The molecule has 25 heteroatoms. The number of ether oxygens (including phenoxy) is 9. The van der Waals surface area contributed by atoms with Crippen molar-refractivity contribution in [2.45, 2.75) is 160 Å². The fraction of sp³-hybridized carbons (Fsp3) is 1.00. The summed E-state index contributed by atoms with van der Waals surface area (Å²) in [5.74, 6) is 0. The second kappa shape index (κ2) is 18.9. The quantitative estimate of drug-likeness (QED) is 0.0870. The van der Waals surface area contributed by atoms with Crippen LogP contribution >= 0.6 is 0 Å². The van der Waals surface area contributed by atoms with Gasteiger partial charge in [-0.25, -0.2) is 0 Å². The van der Waals surface area contributed by atoms with E-state index < -0.39 is 180 Å². The first-order valence-corrected chi connectivity index (χ1v) is 17.5. The van der Waals surface area contributed by atoms with Crippen LogP contribution in [0.15, 0.2) is 0 Å². The van der Waals surface area contributed by atoms with Crippen LogP contribution in [0.5, 0.6) is 0 Å². The Morgan fingerprint density at radius 3 is 1.27 bits per heavy atom. The maximum absolute atomic E-state index is 11.2. The van der Waals surface area contributed by atoms with Gasteiger partial charge in [-0.2, -0.15) is 0 Å². The monoisotopic (exact) mass is 812 g/mol. The highest BCUT2D eigenvalue weighted by Gasteiger charge is 2.53. The van der Waals surface area contributed by atoms with Gasteiger partial charge in [0.1, 0.15) is 116 Å². The standard InChI is InChI=1S/C30H52O25/c1-6-11(32)16(37)24(45)29(50-6)55-25-20(41)15(36)10(54-30(25)49-3-8-13(34)17(38)21(42)26(46)51-8)5-48-28-23(44)19(40)14(35)9(53-28)4-47-27-22(43)18(39)12(33)7(2-31)52-27/h6-46H,2-5H2,1H3/t6-,7+,8+,9+,10+,11+,12-,13+,14-,15-,16+,17-,18-,19-,20-,21-,22+,23+,24-,25+,26-,27-,28-,29-,30+/m0/s1. The third-order valence-electron chi connectivity index (χ3n) is 10.2. The molecule has 0 radical (unpaired) electrons. The molecule has 0 amide bonds. The molecule has 5 rings (SSSR count). The van der Waals surface area contributed by atoms with Crippen molar-refractivity contribution in [1.29, 1.82) is 0 Å². The van der Waals surface area contributed by atoms with Gasteiger partial charge in [0.15, 0.2) is 31.5 Å². The van der Waals surface area contributed by atoms with Crippen molar-refractivity contribution < 1.29 is 124 Å². The van der Waals surface area contributed by atoms with Crippen molar-refractivity contribution in [3.63, 3.8) is 0 Å². The third-order valence-corrected chi connectivity index (χ3v) is 10.2. The Balaban J connectivity index is 1.26. The van der Waals surface area contributed by atoms with Gasteiger partial charge in [0.25, 0.3) is 0 Å². The van der Waals surface area contributed by atoms with Crippen molar-refractivity contribution in [2.24, 2.45) is 0 Å². The summed E-state index contributed by atoms with van der Waals surface area (Å²) in [6.45, 7) is -1.60. The molecule has 16 N–H and O–H groups in total. The predicted molar refractivity (Wildman–Crippen MR) is 165 cm³/mol. The summed E-state index contributed by atoms with van der Waals surface area (Å²) >= 11 is 0. The van der Waals surface area contributed by atoms with Crippen LogP contribution in [-0.2, 0) is 42.6 Å². The Kier molecular flexibility index (Phi) is 15.5. The molecule has 25 atom stereocenters. The summed E-state index contributed by atoms with van der Waals surface area (Å²) < 4.78 is 49.4. The normalized spacial score (nSPS) is 53.9. The SMILES string of the molecule is C[C@@H]1O[C@@H](O[C@H]2[C@H](OC[C@H]3O[C@H](O)[C@@H](O)[C@@H](O)[C@@H]3O)O[C@H](CO[C@H]3O[C@H](CO[C@H]4O[C@H](CO)[C@H](O)[C@H](O)[C@H]4O)[C@H](O)[C@H](O)[C@H]3O)[C@H](O)[C@@H]2O)[C@@H](O)[C@H](O)[C@@H]1O. The van der Waals surface area contributed by atoms with Gasteiger partial charge < -0.3 is 124 Å². The third kappa shape index (κ3) is 9.57. The van der Waals surface area contributed by atoms with E-state index in [9.17, 15) is 81.7 Å². The minimum atomic E-state index is -2.00. The van der Waals surface area contributed by atoms with Crippen molar-refractivity contribution in [3.8, 4) is 0 Å². The smallest absolute Gasteiger partial charge is 0.187 e. The minimum Gasteiger partial charge on any atom is -0.394 e. The molecule has 5 saturated heterocycles. The van der Waals surface area contributed by atoms with E-state index in [4.69, 9.17) is 42.6 Å². The van der Waals surface area contributed by atoms with Crippen molar-refractivity contribution in [1.82, 2.24) is 0 Å². The van der Waals surface area contributed by atoms with Gasteiger partial charge in [0.2, 0.25) is 0 Å². The lowest BCUT2D eigenvalue weighted by molar-refractivity contribution is -0.375. The van der Waals surface area contributed by atoms with Gasteiger partial charge in [0.05, 0.1) is 32.5 Å². The fourth-order valence-corrected chi connectivity index (χ4v) is 6.64. The zero-order chi connectivity index (χ0) is 40.6. The summed E-state index contributed by atoms with van der Waals surface area (Å²) in [5.41, 5.74) is 0. The lowest BCUT2D eigenvalue weighted by Gasteiger charge is -2.47. The molecule has 5 heterocycles. The zero-order valence-electron chi connectivity index (χ0n) is 29.1. The molecular weight excluding hydrogens is 760 g/mol. The van der Waals surface area contributed by atoms with Crippen LogP contribution < -0.4 is 0 Å². The largest absolute Gasteiger partial charge is 0.394 e. The summed E-state index contributed by atoms with van der Waals surface area (Å²) in [7, 11) is 0. The van der Waals surface area contributed by atoms with E-state index in [-0.39, 0.29) is 0 Å². The number of aliphatic hydroxyl groups is 16. The molecule has 322 valence electrons. The number of rotatable bonds is 12. The summed E-state index contributed by atoms with van der Waals surface area (Å²) in [5, 5.41) is 165. The summed E-state index contributed by atoms with van der Waals surface area (Å²) in [6, 6.07) is 0. The molecule has 0 aromatic carbocycles. The van der Waals surface area contributed by atoms with E-state index in [1.54, 1.807) is 0 Å². The van der Waals surface area contributed by atoms with Crippen LogP contribution in [0.25, 0.3) is 0 Å². The van der Waals surface area contributed by atoms with Crippen molar-refractivity contribution >= 4 is 0 Å². The molecule has 0 unspecified atom stereocenters. The second-order valence-corrected chi connectivity index (χ2v) is 14.1. The molecule has 0 aromatic rings. The van der Waals surface area contributed by atoms with E-state index >= 15 is 0 Å². The Morgan fingerprint density at radius 2 is 0.745 bits per heavy atom. The topological polar surface area (TPSA) is 407 Å². The van der Waals surface area contributed by atoms with Crippen LogP contribution in [0, 0.1) is 0 Å². The first-order valence-electron chi connectivity index (χ1n) is 17.5. The van der Waals surface area contributed by atoms with Gasteiger partial charge >= 0.3 is 0 Å². The Bertz CT molecular complexity index is 1190. The van der Waals surface area contributed by atoms with Crippen molar-refractivity contribution in [2.75, 3.05) is 26.4 Å². The maximum atomic E-state index is 11.2. The summed E-state index contributed by atoms with van der Waals surface area (Å²) in [4.78, 5) is 0. The molecule has 25 nitrogen and oxygen atoms in total. The highest BCUT2D eigenvalue weighted by molar-refractivity contribution is 4.96. The second-order valence-electron chi connectivity index (χ2n) is 14.1. The van der Waals surface area contributed by atoms with Crippen LogP contribution in [0.2, 0.25) is 0 Å². The lowest BCUT2D eigenvalue weighted by atomic mass is 9.97. The molecule has 55 heavy (non-hydrogen) atoms. The predicted octanol–water partition coefficient (Wildman–Crippen LogP) is -10.9. The maximum Gasteiger partial charge on any atom is 0.187 e. The first-order chi connectivity index (χ1) is 25.9. The fourth-order valence-electron chi connectivity index (χ4n) is 6.64. The average molecular weight is 813 g/mol. The molecule has 5 aliphatic heterocycles. The van der Waals surface area contributed by atoms with E-state index in [1.807, 2.05) is 0 Å². The zero-order valence-corrected chi connectivity index (χ0v) is 29.1. The molecule has 0 bridgehead atoms. The van der Waals surface area contributed by atoms with E-state index in [0.717, 1.165) is 0 Å². The van der Waals surface area contributed by atoms with Gasteiger partial charge in [-0.15, -0.1) is 0 Å². The molecule has 5 aliphatic rings. The Hall–Kier alpha value is -1.00. The van der Waals surface area contributed by atoms with Crippen LogP contribution in [-0.4, -0.2) is 262 Å². The molecule has 0 saturated carbocycles. The first kappa shape index (κ1) is 45.1. The van der Waals surface area contributed by atoms with Gasteiger partial charge in [0, 0.05) is 0 Å². The van der Waals surface area contributed by atoms with Crippen LogP contribution in [0.1, 0.15) is 6.92 Å². The van der Waals surface area contributed by atoms with Gasteiger partial charge in [-0.05, 0) is 6.92 Å². The molecule has 0 aliphatic carbocycles. The lowest BCUT2D eigenvalue weighted by Crippen LogP contribution is -2.65.